The molecule has 0 aliphatic rings. The van der Waals surface area contributed by atoms with E-state index in [4.69, 9.17) is 4.74 Å². The Bertz CT molecular complexity index is 429. The highest BCUT2D eigenvalue weighted by molar-refractivity contribution is 5.26. The van der Waals surface area contributed by atoms with Crippen LogP contribution >= 0.6 is 0 Å². The molecule has 0 spiro atoms. The fourth-order valence-electron chi connectivity index (χ4n) is 1.67. The van der Waals surface area contributed by atoms with Crippen LogP contribution in [0.25, 0.3) is 0 Å². The molecule has 1 rings (SSSR count). The third-order valence-electron chi connectivity index (χ3n) is 2.56. The Morgan fingerprint density at radius 3 is 2.32 bits per heavy atom. The van der Waals surface area contributed by atoms with Crippen molar-refractivity contribution < 1.29 is 22.3 Å². The Hall–Kier alpha value is -1.14. The number of hydrogen-bond donors (Lipinski definition) is 1. The van der Waals surface area contributed by atoms with E-state index in [9.17, 15) is 17.6 Å². The molecule has 6 heteroatoms. The van der Waals surface area contributed by atoms with Crippen LogP contribution in [0.4, 0.5) is 17.6 Å². The molecule has 108 valence electrons. The van der Waals surface area contributed by atoms with Crippen molar-refractivity contribution in [3.05, 3.63) is 35.1 Å². The van der Waals surface area contributed by atoms with Gasteiger partial charge in [-0.1, -0.05) is 0 Å². The van der Waals surface area contributed by atoms with E-state index < -0.39 is 23.1 Å². The largest absolute Gasteiger partial charge is 0.416 e. The quantitative estimate of drug-likeness (QED) is 0.834. The minimum absolute atomic E-state index is 0.136. The number of halogens is 4. The topological polar surface area (TPSA) is 21.3 Å². The second-order valence-corrected chi connectivity index (χ2v) is 5.02. The first-order chi connectivity index (χ1) is 8.64. The number of benzene rings is 1. The summed E-state index contributed by atoms with van der Waals surface area (Å²) < 4.78 is 55.8. The van der Waals surface area contributed by atoms with Gasteiger partial charge >= 0.3 is 6.18 Å². The van der Waals surface area contributed by atoms with Crippen LogP contribution < -0.4 is 5.32 Å². The first kappa shape index (κ1) is 15.9. The zero-order valence-electron chi connectivity index (χ0n) is 11.1. The Kier molecular flexibility index (Phi) is 4.92. The number of hydrogen-bond acceptors (Lipinski definition) is 2. The van der Waals surface area contributed by atoms with Gasteiger partial charge in [0.2, 0.25) is 0 Å². The van der Waals surface area contributed by atoms with Crippen molar-refractivity contribution in [3.8, 4) is 0 Å². The number of nitrogens with one attached hydrogen (secondary N) is 1. The maximum Gasteiger partial charge on any atom is 0.416 e. The molecule has 19 heavy (non-hydrogen) atoms. The normalized spacial score (nSPS) is 12.8. The molecule has 0 amide bonds. The lowest BCUT2D eigenvalue weighted by atomic mass is 10.1. The smallest absolute Gasteiger partial charge is 0.383 e. The molecule has 1 N–H and O–H groups in total. The van der Waals surface area contributed by atoms with E-state index in [-0.39, 0.29) is 12.1 Å². The maximum atomic E-state index is 13.2. The van der Waals surface area contributed by atoms with Crippen molar-refractivity contribution in [2.75, 3.05) is 13.7 Å². The van der Waals surface area contributed by atoms with Gasteiger partial charge in [0.05, 0.1) is 12.2 Å². The highest BCUT2D eigenvalue weighted by Crippen LogP contribution is 2.30. The maximum absolute atomic E-state index is 13.2. The van der Waals surface area contributed by atoms with Crippen molar-refractivity contribution in [1.82, 2.24) is 5.32 Å². The predicted molar refractivity (Wildman–Crippen MR) is 64.2 cm³/mol. The van der Waals surface area contributed by atoms with Crippen LogP contribution in [0.1, 0.15) is 25.0 Å². The highest BCUT2D eigenvalue weighted by Gasteiger charge is 2.31. The Morgan fingerprint density at radius 2 is 1.79 bits per heavy atom. The Morgan fingerprint density at radius 1 is 1.16 bits per heavy atom. The number of rotatable bonds is 5. The van der Waals surface area contributed by atoms with Crippen molar-refractivity contribution in [2.24, 2.45) is 0 Å². The van der Waals surface area contributed by atoms with Crippen LogP contribution in [0, 0.1) is 5.82 Å². The first-order valence-corrected chi connectivity index (χ1v) is 5.75. The van der Waals surface area contributed by atoms with E-state index in [0.29, 0.717) is 12.7 Å². The van der Waals surface area contributed by atoms with Gasteiger partial charge in [-0.05, 0) is 37.6 Å². The van der Waals surface area contributed by atoms with E-state index in [2.05, 4.69) is 5.32 Å². The molecule has 0 heterocycles. The van der Waals surface area contributed by atoms with Crippen LogP contribution in [0.5, 0.6) is 0 Å². The number of ether oxygens (including phenoxy) is 1. The average molecular weight is 279 g/mol. The van der Waals surface area contributed by atoms with Crippen molar-refractivity contribution >= 4 is 0 Å². The van der Waals surface area contributed by atoms with Gasteiger partial charge in [0.1, 0.15) is 5.82 Å². The van der Waals surface area contributed by atoms with Gasteiger partial charge in [0.25, 0.3) is 0 Å². The molecule has 0 atom stereocenters. The van der Waals surface area contributed by atoms with Gasteiger partial charge in [0.15, 0.2) is 0 Å². The molecule has 1 aromatic carbocycles. The second kappa shape index (κ2) is 5.88. The first-order valence-electron chi connectivity index (χ1n) is 5.75. The molecule has 0 radical (unpaired) electrons. The zero-order valence-corrected chi connectivity index (χ0v) is 11.1. The van der Waals surface area contributed by atoms with E-state index in [1.165, 1.54) is 7.11 Å². The van der Waals surface area contributed by atoms with Gasteiger partial charge in [-0.2, -0.15) is 13.2 Å². The Balaban J connectivity index is 2.82. The highest BCUT2D eigenvalue weighted by atomic mass is 19.4. The summed E-state index contributed by atoms with van der Waals surface area (Å²) in [4.78, 5) is 0. The van der Waals surface area contributed by atoms with Gasteiger partial charge in [0, 0.05) is 19.2 Å². The van der Waals surface area contributed by atoms with Crippen LogP contribution in [-0.4, -0.2) is 19.3 Å². The van der Waals surface area contributed by atoms with E-state index in [1.807, 2.05) is 13.8 Å². The van der Waals surface area contributed by atoms with E-state index >= 15 is 0 Å². The van der Waals surface area contributed by atoms with Gasteiger partial charge in [-0.3, -0.25) is 0 Å². The summed E-state index contributed by atoms with van der Waals surface area (Å²) in [5.74, 6) is -0.892. The van der Waals surface area contributed by atoms with Crippen LogP contribution in [0.2, 0.25) is 0 Å². The molecular formula is C13H17F4NO. The molecular weight excluding hydrogens is 262 g/mol. The SMILES string of the molecule is COCC(C)(C)NCc1cc(F)cc(C(F)(F)F)c1. The van der Waals surface area contributed by atoms with Crippen LogP contribution in [-0.2, 0) is 17.5 Å². The molecule has 0 fully saturated rings. The number of alkyl halides is 3. The van der Waals surface area contributed by atoms with Crippen LogP contribution in [0.15, 0.2) is 18.2 Å². The number of methoxy groups -OCH3 is 1. The minimum Gasteiger partial charge on any atom is -0.383 e. The van der Waals surface area contributed by atoms with Gasteiger partial charge < -0.3 is 10.1 Å². The predicted octanol–water partition coefficient (Wildman–Crippen LogP) is 3.36. The zero-order chi connectivity index (χ0) is 14.7. The summed E-state index contributed by atoms with van der Waals surface area (Å²) in [5, 5.41) is 3.02. The molecule has 0 saturated heterocycles. The summed E-state index contributed by atoms with van der Waals surface area (Å²) in [6.07, 6.45) is -4.54. The van der Waals surface area contributed by atoms with Crippen molar-refractivity contribution in [2.45, 2.75) is 32.1 Å². The second-order valence-electron chi connectivity index (χ2n) is 5.02. The summed E-state index contributed by atoms with van der Waals surface area (Å²) in [6, 6.07) is 2.52. The lowest BCUT2D eigenvalue weighted by Crippen LogP contribution is -2.42. The monoisotopic (exact) mass is 279 g/mol. The lowest BCUT2D eigenvalue weighted by Gasteiger charge is -2.25. The fourth-order valence-corrected chi connectivity index (χ4v) is 1.67. The molecule has 0 bridgehead atoms. The molecule has 1 aromatic rings. The molecule has 0 saturated carbocycles. The minimum atomic E-state index is -4.54. The van der Waals surface area contributed by atoms with Crippen LogP contribution in [0.3, 0.4) is 0 Å². The van der Waals surface area contributed by atoms with Gasteiger partial charge in [-0.25, -0.2) is 4.39 Å². The lowest BCUT2D eigenvalue weighted by molar-refractivity contribution is -0.137. The summed E-state index contributed by atoms with van der Waals surface area (Å²) in [7, 11) is 1.54. The third kappa shape index (κ3) is 5.16. The standard InChI is InChI=1S/C13H17F4NO/c1-12(2,8-19-3)18-7-9-4-10(13(15,16)17)6-11(14)5-9/h4-6,18H,7-8H2,1-3H3. The van der Waals surface area contributed by atoms with Crippen molar-refractivity contribution in [1.29, 1.82) is 0 Å². The third-order valence-corrected chi connectivity index (χ3v) is 2.56. The molecule has 0 aromatic heterocycles. The summed E-state index contributed by atoms with van der Waals surface area (Å²) >= 11 is 0. The van der Waals surface area contributed by atoms with Gasteiger partial charge in [-0.15, -0.1) is 0 Å². The average Bonchev–Trinajstić information content (AvgIpc) is 2.24. The summed E-state index contributed by atoms with van der Waals surface area (Å²) in [6.45, 7) is 4.23. The van der Waals surface area contributed by atoms with E-state index in [1.54, 1.807) is 0 Å². The fraction of sp³-hybridized carbons (Fsp3) is 0.538. The van der Waals surface area contributed by atoms with E-state index in [0.717, 1.165) is 12.1 Å². The molecule has 2 nitrogen and oxygen atoms in total. The summed E-state index contributed by atoms with van der Waals surface area (Å²) in [5.41, 5.74) is -1.13. The molecule has 0 aliphatic carbocycles. The Labute approximate surface area is 109 Å². The van der Waals surface area contributed by atoms with Crippen molar-refractivity contribution in [3.63, 3.8) is 0 Å². The molecule has 0 aliphatic heterocycles. The molecule has 0 unspecified atom stereocenters.